The summed E-state index contributed by atoms with van der Waals surface area (Å²) in [5.74, 6) is 0.0317. The Morgan fingerprint density at radius 3 is 2.50 bits per heavy atom. The van der Waals surface area contributed by atoms with Gasteiger partial charge in [0.2, 0.25) is 0 Å². The van der Waals surface area contributed by atoms with Crippen LogP contribution in [0.15, 0.2) is 28.7 Å². The molecule has 2 rings (SSSR count). The predicted molar refractivity (Wildman–Crippen MR) is 76.7 cm³/mol. The third-order valence-corrected chi connectivity index (χ3v) is 4.05. The van der Waals surface area contributed by atoms with Crippen LogP contribution in [0.25, 0.3) is 0 Å². The number of hydrogen-bond acceptors (Lipinski definition) is 2. The molecule has 98 valence electrons. The number of benzene rings is 1. The van der Waals surface area contributed by atoms with Crippen LogP contribution >= 0.6 is 15.9 Å². The van der Waals surface area contributed by atoms with E-state index in [0.29, 0.717) is 12.1 Å². The lowest BCUT2D eigenvalue weighted by Crippen LogP contribution is -2.41. The molecular formula is C14H19BrN2O. The van der Waals surface area contributed by atoms with Crippen LogP contribution in [-0.4, -0.2) is 25.0 Å². The van der Waals surface area contributed by atoms with Crippen LogP contribution in [-0.2, 0) is 0 Å². The second kappa shape index (κ2) is 6.34. The Hall–Kier alpha value is -0.870. The van der Waals surface area contributed by atoms with Gasteiger partial charge >= 0.3 is 0 Å². The number of carbonyl (C=O) groups is 1. The first-order valence-corrected chi connectivity index (χ1v) is 7.22. The minimum atomic E-state index is 0.0317. The highest BCUT2D eigenvalue weighted by Crippen LogP contribution is 2.19. The number of hydrogen-bond donors (Lipinski definition) is 2. The van der Waals surface area contributed by atoms with E-state index in [1.54, 1.807) is 0 Å². The first-order chi connectivity index (χ1) is 8.69. The minimum Gasteiger partial charge on any atom is -0.349 e. The maximum Gasteiger partial charge on any atom is 0.251 e. The molecule has 1 fully saturated rings. The van der Waals surface area contributed by atoms with Gasteiger partial charge in [0.05, 0.1) is 0 Å². The molecule has 3 nitrogen and oxygen atoms in total. The van der Waals surface area contributed by atoms with Crippen molar-refractivity contribution in [3.63, 3.8) is 0 Å². The molecule has 1 aromatic carbocycles. The Kier molecular flexibility index (Phi) is 4.78. The van der Waals surface area contributed by atoms with Gasteiger partial charge in [0.15, 0.2) is 0 Å². The topological polar surface area (TPSA) is 41.1 Å². The molecule has 0 bridgehead atoms. The maximum absolute atomic E-state index is 12.1. The predicted octanol–water partition coefficient (Wildman–Crippen LogP) is 2.71. The van der Waals surface area contributed by atoms with Crippen molar-refractivity contribution in [3.05, 3.63) is 34.3 Å². The summed E-state index contributed by atoms with van der Waals surface area (Å²) >= 11 is 3.38. The van der Waals surface area contributed by atoms with Crippen molar-refractivity contribution in [2.75, 3.05) is 7.05 Å². The van der Waals surface area contributed by atoms with Gasteiger partial charge < -0.3 is 10.6 Å². The highest BCUT2D eigenvalue weighted by molar-refractivity contribution is 9.10. The van der Waals surface area contributed by atoms with Crippen LogP contribution in [0.3, 0.4) is 0 Å². The largest absolute Gasteiger partial charge is 0.349 e. The zero-order valence-electron chi connectivity index (χ0n) is 10.6. The number of carbonyl (C=O) groups excluding carboxylic acids is 1. The molecule has 1 saturated carbocycles. The van der Waals surface area contributed by atoms with Gasteiger partial charge in [0, 0.05) is 22.1 Å². The Morgan fingerprint density at radius 2 is 1.89 bits per heavy atom. The van der Waals surface area contributed by atoms with Gasteiger partial charge in [-0.2, -0.15) is 0 Å². The zero-order chi connectivity index (χ0) is 13.0. The van der Waals surface area contributed by atoms with Crippen LogP contribution < -0.4 is 10.6 Å². The average molecular weight is 311 g/mol. The molecule has 0 aliphatic heterocycles. The van der Waals surface area contributed by atoms with Crippen LogP contribution in [0.2, 0.25) is 0 Å². The van der Waals surface area contributed by atoms with E-state index in [0.717, 1.165) is 35.7 Å². The summed E-state index contributed by atoms with van der Waals surface area (Å²) in [5, 5.41) is 6.42. The highest BCUT2D eigenvalue weighted by atomic mass is 79.9. The Labute approximate surface area is 116 Å². The fourth-order valence-electron chi connectivity index (χ4n) is 2.42. The smallest absolute Gasteiger partial charge is 0.251 e. The maximum atomic E-state index is 12.1. The van der Waals surface area contributed by atoms with Gasteiger partial charge in [0.25, 0.3) is 5.91 Å². The quantitative estimate of drug-likeness (QED) is 0.901. The van der Waals surface area contributed by atoms with Crippen LogP contribution in [0, 0.1) is 0 Å². The van der Waals surface area contributed by atoms with Crippen LogP contribution in [0.4, 0.5) is 0 Å². The number of halogens is 1. The normalized spacial score (nSPS) is 23.7. The lowest BCUT2D eigenvalue weighted by molar-refractivity contribution is 0.0924. The molecule has 18 heavy (non-hydrogen) atoms. The van der Waals surface area contributed by atoms with E-state index in [1.165, 1.54) is 0 Å². The van der Waals surface area contributed by atoms with Crippen molar-refractivity contribution < 1.29 is 4.79 Å². The lowest BCUT2D eigenvalue weighted by atomic mass is 9.91. The van der Waals surface area contributed by atoms with Crippen LogP contribution in [0.5, 0.6) is 0 Å². The molecule has 0 unspecified atom stereocenters. The van der Waals surface area contributed by atoms with E-state index in [4.69, 9.17) is 0 Å². The molecule has 4 heteroatoms. The summed E-state index contributed by atoms with van der Waals surface area (Å²) in [6.45, 7) is 0. The molecule has 1 aliphatic carbocycles. The monoisotopic (exact) mass is 310 g/mol. The molecule has 0 heterocycles. The SMILES string of the molecule is CNC1CCC(NC(=O)c2cccc(Br)c2)CC1. The number of amides is 1. The summed E-state index contributed by atoms with van der Waals surface area (Å²) in [7, 11) is 2.01. The van der Waals surface area contributed by atoms with E-state index in [1.807, 2.05) is 31.3 Å². The molecule has 1 amide bonds. The summed E-state index contributed by atoms with van der Waals surface area (Å²) < 4.78 is 0.939. The highest BCUT2D eigenvalue weighted by Gasteiger charge is 2.21. The van der Waals surface area contributed by atoms with Gasteiger partial charge in [0.1, 0.15) is 0 Å². The van der Waals surface area contributed by atoms with Crippen molar-refractivity contribution in [1.29, 1.82) is 0 Å². The third-order valence-electron chi connectivity index (χ3n) is 3.56. The van der Waals surface area contributed by atoms with Gasteiger partial charge in [-0.3, -0.25) is 4.79 Å². The second-order valence-electron chi connectivity index (χ2n) is 4.82. The van der Waals surface area contributed by atoms with E-state index in [-0.39, 0.29) is 5.91 Å². The number of nitrogens with one attached hydrogen (secondary N) is 2. The summed E-state index contributed by atoms with van der Waals surface area (Å²) in [6.07, 6.45) is 4.40. The van der Waals surface area contributed by atoms with Gasteiger partial charge in [-0.25, -0.2) is 0 Å². The molecular weight excluding hydrogens is 292 g/mol. The summed E-state index contributed by atoms with van der Waals surface area (Å²) in [5.41, 5.74) is 0.722. The number of rotatable bonds is 3. The summed E-state index contributed by atoms with van der Waals surface area (Å²) in [4.78, 5) is 12.1. The van der Waals surface area contributed by atoms with E-state index < -0.39 is 0 Å². The van der Waals surface area contributed by atoms with E-state index in [9.17, 15) is 4.79 Å². The zero-order valence-corrected chi connectivity index (χ0v) is 12.2. The molecule has 0 spiro atoms. The van der Waals surface area contributed by atoms with Gasteiger partial charge in [-0.1, -0.05) is 22.0 Å². The Morgan fingerprint density at radius 1 is 1.22 bits per heavy atom. The van der Waals surface area contributed by atoms with Crippen molar-refractivity contribution in [2.24, 2.45) is 0 Å². The molecule has 0 radical (unpaired) electrons. The second-order valence-corrected chi connectivity index (χ2v) is 5.74. The average Bonchev–Trinajstić information content (AvgIpc) is 2.39. The third kappa shape index (κ3) is 3.56. The van der Waals surface area contributed by atoms with Crippen molar-refractivity contribution in [1.82, 2.24) is 10.6 Å². The first kappa shape index (κ1) is 13.6. The van der Waals surface area contributed by atoms with E-state index >= 15 is 0 Å². The van der Waals surface area contributed by atoms with E-state index in [2.05, 4.69) is 26.6 Å². The van der Waals surface area contributed by atoms with Crippen LogP contribution in [0.1, 0.15) is 36.0 Å². The summed E-state index contributed by atoms with van der Waals surface area (Å²) in [6, 6.07) is 8.45. The van der Waals surface area contributed by atoms with Crippen molar-refractivity contribution >= 4 is 21.8 Å². The standard InChI is InChI=1S/C14H19BrN2O/c1-16-12-5-7-13(8-6-12)17-14(18)10-3-2-4-11(15)9-10/h2-4,9,12-13,16H,5-8H2,1H3,(H,17,18). The van der Waals surface area contributed by atoms with Crippen molar-refractivity contribution in [3.8, 4) is 0 Å². The fourth-order valence-corrected chi connectivity index (χ4v) is 2.82. The fraction of sp³-hybridized carbons (Fsp3) is 0.500. The lowest BCUT2D eigenvalue weighted by Gasteiger charge is -2.28. The van der Waals surface area contributed by atoms with Crippen molar-refractivity contribution in [2.45, 2.75) is 37.8 Å². The molecule has 2 N–H and O–H groups in total. The van der Waals surface area contributed by atoms with Gasteiger partial charge in [-0.05, 0) is 50.9 Å². The Balaban J connectivity index is 1.89. The minimum absolute atomic E-state index is 0.0317. The molecule has 0 atom stereocenters. The Bertz CT molecular complexity index is 414. The van der Waals surface area contributed by atoms with Gasteiger partial charge in [-0.15, -0.1) is 0 Å². The molecule has 1 aromatic rings. The molecule has 0 aromatic heterocycles. The first-order valence-electron chi connectivity index (χ1n) is 6.42. The molecule has 0 saturated heterocycles. The molecule has 1 aliphatic rings.